The minimum atomic E-state index is -0.165. The number of benzene rings is 2. The summed E-state index contributed by atoms with van der Waals surface area (Å²) in [5.41, 5.74) is 2.84. The van der Waals surface area contributed by atoms with Crippen LogP contribution >= 0.6 is 23.1 Å². The maximum Gasteiger partial charge on any atom is 0.258 e. The van der Waals surface area contributed by atoms with Crippen LogP contribution in [-0.4, -0.2) is 22.4 Å². The van der Waals surface area contributed by atoms with E-state index in [2.05, 4.69) is 15.5 Å². The predicted molar refractivity (Wildman–Crippen MR) is 96.3 cm³/mol. The summed E-state index contributed by atoms with van der Waals surface area (Å²) in [6.07, 6.45) is 1.95. The van der Waals surface area contributed by atoms with Gasteiger partial charge >= 0.3 is 0 Å². The van der Waals surface area contributed by atoms with Crippen LogP contribution in [0, 0.1) is 6.92 Å². The van der Waals surface area contributed by atoms with Gasteiger partial charge in [0.15, 0.2) is 0 Å². The normalized spacial score (nSPS) is 10.5. The Morgan fingerprint density at radius 2 is 1.83 bits per heavy atom. The van der Waals surface area contributed by atoms with Crippen molar-refractivity contribution in [2.75, 3.05) is 11.6 Å². The molecular formula is C17H15N3OS2. The Labute approximate surface area is 143 Å². The molecule has 1 N–H and O–H groups in total. The number of rotatable bonds is 4. The molecule has 0 radical (unpaired) electrons. The number of hydrogen-bond donors (Lipinski definition) is 1. The van der Waals surface area contributed by atoms with E-state index in [0.717, 1.165) is 15.5 Å². The Hall–Kier alpha value is -2.18. The number of aryl methyl sites for hydroxylation is 1. The minimum Gasteiger partial charge on any atom is -0.296 e. The zero-order valence-electron chi connectivity index (χ0n) is 12.7. The van der Waals surface area contributed by atoms with Crippen LogP contribution in [0.2, 0.25) is 0 Å². The van der Waals surface area contributed by atoms with Crippen LogP contribution in [0.15, 0.2) is 53.4 Å². The van der Waals surface area contributed by atoms with Gasteiger partial charge in [-0.25, -0.2) is 0 Å². The molecule has 4 nitrogen and oxygen atoms in total. The van der Waals surface area contributed by atoms with E-state index in [0.29, 0.717) is 10.7 Å². The molecule has 2 aromatic carbocycles. The number of aromatic nitrogens is 2. The first kappa shape index (κ1) is 15.7. The molecule has 0 saturated carbocycles. The molecule has 0 atom stereocenters. The summed E-state index contributed by atoms with van der Waals surface area (Å²) in [7, 11) is 0. The number of carbonyl (C=O) groups is 1. The SMILES string of the molecule is CSc1ccccc1C(=O)Nc1nnc(-c2ccc(C)cc2)s1. The van der Waals surface area contributed by atoms with E-state index in [1.807, 2.05) is 61.7 Å². The Morgan fingerprint density at radius 1 is 1.09 bits per heavy atom. The van der Waals surface area contributed by atoms with Gasteiger partial charge in [-0.2, -0.15) is 0 Å². The predicted octanol–water partition coefficient (Wildman–Crippen LogP) is 4.49. The van der Waals surface area contributed by atoms with Gasteiger partial charge in [-0.1, -0.05) is 53.3 Å². The Morgan fingerprint density at radius 3 is 2.57 bits per heavy atom. The van der Waals surface area contributed by atoms with Crippen molar-refractivity contribution in [3.8, 4) is 10.6 Å². The first-order chi connectivity index (χ1) is 11.2. The largest absolute Gasteiger partial charge is 0.296 e. The highest BCUT2D eigenvalue weighted by Crippen LogP contribution is 2.27. The number of thioether (sulfide) groups is 1. The molecule has 23 heavy (non-hydrogen) atoms. The quantitative estimate of drug-likeness (QED) is 0.711. The summed E-state index contributed by atoms with van der Waals surface area (Å²) < 4.78 is 0. The maximum absolute atomic E-state index is 12.4. The molecule has 0 aliphatic carbocycles. The molecule has 0 aliphatic rings. The third kappa shape index (κ3) is 3.60. The number of anilines is 1. The Balaban J connectivity index is 1.79. The van der Waals surface area contributed by atoms with Crippen LogP contribution < -0.4 is 5.32 Å². The van der Waals surface area contributed by atoms with Crippen LogP contribution in [0.1, 0.15) is 15.9 Å². The molecule has 0 unspecified atom stereocenters. The number of nitrogens with zero attached hydrogens (tertiary/aromatic N) is 2. The van der Waals surface area contributed by atoms with E-state index in [9.17, 15) is 4.79 Å². The lowest BCUT2D eigenvalue weighted by atomic mass is 10.2. The van der Waals surface area contributed by atoms with Crippen LogP contribution in [-0.2, 0) is 0 Å². The van der Waals surface area contributed by atoms with Crippen molar-refractivity contribution in [1.82, 2.24) is 10.2 Å². The van der Waals surface area contributed by atoms with Gasteiger partial charge < -0.3 is 0 Å². The summed E-state index contributed by atoms with van der Waals surface area (Å²) in [5.74, 6) is -0.165. The van der Waals surface area contributed by atoms with Gasteiger partial charge in [0.2, 0.25) is 5.13 Å². The van der Waals surface area contributed by atoms with Crippen molar-refractivity contribution in [1.29, 1.82) is 0 Å². The zero-order valence-corrected chi connectivity index (χ0v) is 14.4. The smallest absolute Gasteiger partial charge is 0.258 e. The van der Waals surface area contributed by atoms with E-state index < -0.39 is 0 Å². The molecule has 0 saturated heterocycles. The standard InChI is InChI=1S/C17H15N3OS2/c1-11-7-9-12(10-8-11)16-19-20-17(23-16)18-15(21)13-5-3-4-6-14(13)22-2/h3-10H,1-2H3,(H,18,20,21). The molecule has 6 heteroatoms. The molecule has 0 fully saturated rings. The third-order valence-corrected chi connectivity index (χ3v) is 4.98. The highest BCUT2D eigenvalue weighted by Gasteiger charge is 2.13. The first-order valence-electron chi connectivity index (χ1n) is 7.02. The first-order valence-corrected chi connectivity index (χ1v) is 9.06. The van der Waals surface area contributed by atoms with E-state index in [1.165, 1.54) is 16.9 Å². The molecule has 3 aromatic rings. The van der Waals surface area contributed by atoms with E-state index in [4.69, 9.17) is 0 Å². The van der Waals surface area contributed by atoms with Gasteiger partial charge in [-0.05, 0) is 25.3 Å². The highest BCUT2D eigenvalue weighted by molar-refractivity contribution is 7.98. The van der Waals surface area contributed by atoms with Crippen molar-refractivity contribution in [3.05, 3.63) is 59.7 Å². The van der Waals surface area contributed by atoms with Crippen molar-refractivity contribution in [2.45, 2.75) is 11.8 Å². The van der Waals surface area contributed by atoms with Gasteiger partial charge in [-0.15, -0.1) is 22.0 Å². The number of hydrogen-bond acceptors (Lipinski definition) is 5. The van der Waals surface area contributed by atoms with Crippen molar-refractivity contribution >= 4 is 34.1 Å². The van der Waals surface area contributed by atoms with Gasteiger partial charge in [0.05, 0.1) is 5.56 Å². The summed E-state index contributed by atoms with van der Waals surface area (Å²) in [4.78, 5) is 13.3. The van der Waals surface area contributed by atoms with Gasteiger partial charge in [0.25, 0.3) is 5.91 Å². The molecule has 1 amide bonds. The van der Waals surface area contributed by atoms with Crippen LogP contribution in [0.5, 0.6) is 0 Å². The van der Waals surface area contributed by atoms with Crippen LogP contribution in [0.25, 0.3) is 10.6 Å². The van der Waals surface area contributed by atoms with Gasteiger partial charge in [0.1, 0.15) is 5.01 Å². The molecule has 0 aliphatic heterocycles. The van der Waals surface area contributed by atoms with Crippen LogP contribution in [0.4, 0.5) is 5.13 Å². The summed E-state index contributed by atoms with van der Waals surface area (Å²) in [6.45, 7) is 2.04. The lowest BCUT2D eigenvalue weighted by molar-refractivity contribution is 0.102. The summed E-state index contributed by atoms with van der Waals surface area (Å²) >= 11 is 2.91. The molecule has 0 bridgehead atoms. The second-order valence-corrected chi connectivity index (χ2v) is 6.76. The minimum absolute atomic E-state index is 0.165. The molecule has 1 aromatic heterocycles. The number of nitrogens with one attached hydrogen (secondary N) is 1. The van der Waals surface area contributed by atoms with Crippen molar-refractivity contribution in [3.63, 3.8) is 0 Å². The van der Waals surface area contributed by atoms with Gasteiger partial charge in [0, 0.05) is 10.5 Å². The Bertz CT molecular complexity index is 828. The monoisotopic (exact) mass is 341 g/mol. The molecule has 3 rings (SSSR count). The molecule has 116 valence electrons. The number of amides is 1. The van der Waals surface area contributed by atoms with E-state index in [1.54, 1.807) is 11.8 Å². The zero-order chi connectivity index (χ0) is 16.2. The lowest BCUT2D eigenvalue weighted by Crippen LogP contribution is -2.12. The van der Waals surface area contributed by atoms with E-state index in [-0.39, 0.29) is 5.91 Å². The summed E-state index contributed by atoms with van der Waals surface area (Å²) in [5, 5.41) is 12.3. The number of carbonyl (C=O) groups excluding carboxylic acids is 1. The van der Waals surface area contributed by atoms with E-state index >= 15 is 0 Å². The summed E-state index contributed by atoms with van der Waals surface area (Å²) in [6, 6.07) is 15.6. The second kappa shape index (κ2) is 6.93. The molecule has 0 spiro atoms. The van der Waals surface area contributed by atoms with Crippen molar-refractivity contribution in [2.24, 2.45) is 0 Å². The highest BCUT2D eigenvalue weighted by atomic mass is 32.2. The van der Waals surface area contributed by atoms with Gasteiger partial charge in [-0.3, -0.25) is 10.1 Å². The second-order valence-electron chi connectivity index (χ2n) is 4.93. The average molecular weight is 341 g/mol. The third-order valence-electron chi connectivity index (χ3n) is 3.30. The van der Waals surface area contributed by atoms with Crippen LogP contribution in [0.3, 0.4) is 0 Å². The fourth-order valence-electron chi connectivity index (χ4n) is 2.08. The lowest BCUT2D eigenvalue weighted by Gasteiger charge is -2.05. The maximum atomic E-state index is 12.4. The average Bonchev–Trinajstić information content (AvgIpc) is 3.04. The Kier molecular flexibility index (Phi) is 4.73. The fourth-order valence-corrected chi connectivity index (χ4v) is 3.42. The molecular weight excluding hydrogens is 326 g/mol. The molecule has 1 heterocycles. The van der Waals surface area contributed by atoms with Crippen molar-refractivity contribution < 1.29 is 4.79 Å². The fraction of sp³-hybridized carbons (Fsp3) is 0.118. The topological polar surface area (TPSA) is 54.9 Å².